The van der Waals surface area contributed by atoms with Crippen LogP contribution in [0.5, 0.6) is 0 Å². The van der Waals surface area contributed by atoms with Gasteiger partial charge in [-0.3, -0.25) is 0 Å². The molecule has 0 spiro atoms. The molecule has 1 aromatic carbocycles. The van der Waals surface area contributed by atoms with Crippen LogP contribution >= 0.6 is 0 Å². The van der Waals surface area contributed by atoms with Crippen LogP contribution in [0.25, 0.3) is 0 Å². The lowest BCUT2D eigenvalue weighted by molar-refractivity contribution is -0.171. The molecule has 1 fully saturated rings. The molecule has 0 aliphatic carbocycles. The van der Waals surface area contributed by atoms with Crippen LogP contribution in [-0.4, -0.2) is 35.5 Å². The Morgan fingerprint density at radius 2 is 2.10 bits per heavy atom. The van der Waals surface area contributed by atoms with Crippen LogP contribution < -0.4 is 0 Å². The highest BCUT2D eigenvalue weighted by molar-refractivity contribution is 5.81. The van der Waals surface area contributed by atoms with Crippen LogP contribution in [0.15, 0.2) is 43.0 Å². The summed E-state index contributed by atoms with van der Waals surface area (Å²) in [4.78, 5) is 10.3. The average Bonchev–Trinajstić information content (AvgIpc) is 3.30. The standard InChI is InChI=1S/C9H12O2.C6H8O3/c1-2-9(10,11)8-6-4-3-5-7-8;1-2-6(7)9-4-5-3-8-5/h3-7,10-11H,2H2,1H3;2,5H,1,3-4H2. The van der Waals surface area contributed by atoms with E-state index in [-0.39, 0.29) is 12.1 Å². The molecule has 0 saturated carbocycles. The molecule has 5 heteroatoms. The zero-order chi connectivity index (χ0) is 15.0. The first-order valence-corrected chi connectivity index (χ1v) is 6.40. The van der Waals surface area contributed by atoms with Crippen molar-refractivity contribution >= 4 is 5.97 Å². The van der Waals surface area contributed by atoms with Crippen LogP contribution in [0.1, 0.15) is 18.9 Å². The van der Waals surface area contributed by atoms with Gasteiger partial charge in [-0.25, -0.2) is 4.79 Å². The lowest BCUT2D eigenvalue weighted by atomic mass is 10.0. The fourth-order valence-corrected chi connectivity index (χ4v) is 1.31. The summed E-state index contributed by atoms with van der Waals surface area (Å²) in [6.45, 7) is 6.05. The highest BCUT2D eigenvalue weighted by atomic mass is 16.6. The van der Waals surface area contributed by atoms with Gasteiger partial charge in [-0.05, 0) is 0 Å². The number of hydrogen-bond acceptors (Lipinski definition) is 5. The van der Waals surface area contributed by atoms with Crippen molar-refractivity contribution in [3.8, 4) is 0 Å². The van der Waals surface area contributed by atoms with Crippen molar-refractivity contribution in [2.24, 2.45) is 0 Å². The van der Waals surface area contributed by atoms with Gasteiger partial charge >= 0.3 is 5.97 Å². The number of esters is 1. The second-order valence-electron chi connectivity index (χ2n) is 4.33. The van der Waals surface area contributed by atoms with Crippen molar-refractivity contribution < 1.29 is 24.5 Å². The monoisotopic (exact) mass is 280 g/mol. The fraction of sp³-hybridized carbons (Fsp3) is 0.400. The smallest absolute Gasteiger partial charge is 0.330 e. The number of benzene rings is 1. The molecule has 2 N–H and O–H groups in total. The third kappa shape index (κ3) is 5.97. The van der Waals surface area contributed by atoms with Gasteiger partial charge in [-0.15, -0.1) is 0 Å². The molecule has 2 rings (SSSR count). The Kier molecular flexibility index (Phi) is 6.38. The highest BCUT2D eigenvalue weighted by Gasteiger charge is 2.23. The van der Waals surface area contributed by atoms with Crippen molar-refractivity contribution in [1.29, 1.82) is 0 Å². The first kappa shape index (κ1) is 16.4. The quantitative estimate of drug-likeness (QED) is 0.368. The largest absolute Gasteiger partial charge is 0.460 e. The molecule has 1 aliphatic heterocycles. The summed E-state index contributed by atoms with van der Waals surface area (Å²) in [7, 11) is 0. The van der Waals surface area contributed by atoms with E-state index in [9.17, 15) is 15.0 Å². The SMILES string of the molecule is C=CC(=O)OCC1CO1.CCC(O)(O)c1ccccc1. The summed E-state index contributed by atoms with van der Waals surface area (Å²) in [5, 5.41) is 18.7. The number of rotatable bonds is 5. The number of carbonyl (C=O) groups excluding carboxylic acids is 1. The number of aliphatic hydroxyl groups is 2. The Balaban J connectivity index is 0.000000204. The summed E-state index contributed by atoms with van der Waals surface area (Å²) >= 11 is 0. The third-order valence-corrected chi connectivity index (χ3v) is 2.71. The molecule has 110 valence electrons. The molecule has 0 bridgehead atoms. The third-order valence-electron chi connectivity index (χ3n) is 2.71. The van der Waals surface area contributed by atoms with Crippen LogP contribution in [0.4, 0.5) is 0 Å². The second kappa shape index (κ2) is 7.79. The van der Waals surface area contributed by atoms with Gasteiger partial charge in [-0.2, -0.15) is 0 Å². The van der Waals surface area contributed by atoms with E-state index in [4.69, 9.17) is 4.74 Å². The molecule has 1 heterocycles. The van der Waals surface area contributed by atoms with Crippen LogP contribution in [0.2, 0.25) is 0 Å². The first-order chi connectivity index (χ1) is 9.49. The maximum absolute atomic E-state index is 10.3. The number of carbonyl (C=O) groups is 1. The molecule has 1 saturated heterocycles. The second-order valence-corrected chi connectivity index (χ2v) is 4.33. The van der Waals surface area contributed by atoms with Gasteiger partial charge in [0.2, 0.25) is 0 Å². The maximum atomic E-state index is 10.3. The van der Waals surface area contributed by atoms with Crippen LogP contribution in [0, 0.1) is 0 Å². The highest BCUT2D eigenvalue weighted by Crippen LogP contribution is 2.20. The molecule has 5 nitrogen and oxygen atoms in total. The van der Waals surface area contributed by atoms with Crippen molar-refractivity contribution in [1.82, 2.24) is 0 Å². The normalized spacial score (nSPS) is 16.6. The van der Waals surface area contributed by atoms with Gasteiger partial charge in [0, 0.05) is 18.1 Å². The summed E-state index contributed by atoms with van der Waals surface area (Å²) in [5.74, 6) is -2.05. The lowest BCUT2D eigenvalue weighted by Crippen LogP contribution is -2.23. The Bertz CT molecular complexity index is 423. The van der Waals surface area contributed by atoms with E-state index >= 15 is 0 Å². The topological polar surface area (TPSA) is 79.3 Å². The minimum Gasteiger partial charge on any atom is -0.460 e. The fourth-order valence-electron chi connectivity index (χ4n) is 1.31. The molecule has 1 unspecified atom stereocenters. The molecule has 0 radical (unpaired) electrons. The Morgan fingerprint density at radius 3 is 2.55 bits per heavy atom. The minimum atomic E-state index is -1.67. The maximum Gasteiger partial charge on any atom is 0.330 e. The van der Waals surface area contributed by atoms with Gasteiger partial charge in [0.25, 0.3) is 0 Å². The van der Waals surface area contributed by atoms with Crippen molar-refractivity contribution in [2.75, 3.05) is 13.2 Å². The number of epoxide rings is 1. The zero-order valence-electron chi connectivity index (χ0n) is 11.5. The van der Waals surface area contributed by atoms with Crippen molar-refractivity contribution in [3.63, 3.8) is 0 Å². The van der Waals surface area contributed by atoms with E-state index < -0.39 is 5.79 Å². The lowest BCUT2D eigenvalue weighted by Gasteiger charge is -2.19. The van der Waals surface area contributed by atoms with E-state index in [2.05, 4.69) is 11.3 Å². The molecule has 0 aromatic heterocycles. The van der Waals surface area contributed by atoms with E-state index in [1.54, 1.807) is 31.2 Å². The van der Waals surface area contributed by atoms with Crippen LogP contribution in [-0.2, 0) is 20.1 Å². The molecule has 1 aromatic rings. The Labute approximate surface area is 118 Å². The summed E-state index contributed by atoms with van der Waals surface area (Å²) in [6.07, 6.45) is 1.59. The summed E-state index contributed by atoms with van der Waals surface area (Å²) < 4.78 is 9.42. The number of hydrogen-bond donors (Lipinski definition) is 2. The van der Waals surface area contributed by atoms with E-state index in [1.807, 2.05) is 6.07 Å². The van der Waals surface area contributed by atoms with Gasteiger partial charge < -0.3 is 19.7 Å². The molecule has 1 aliphatic rings. The summed E-state index contributed by atoms with van der Waals surface area (Å²) in [6, 6.07) is 8.81. The zero-order valence-corrected chi connectivity index (χ0v) is 11.5. The van der Waals surface area contributed by atoms with Gasteiger partial charge in [0.1, 0.15) is 12.7 Å². The Morgan fingerprint density at radius 1 is 1.50 bits per heavy atom. The molecule has 1 atom stereocenters. The van der Waals surface area contributed by atoms with Gasteiger partial charge in [0.15, 0.2) is 5.79 Å². The summed E-state index contributed by atoms with van der Waals surface area (Å²) in [5.41, 5.74) is 0.544. The van der Waals surface area contributed by atoms with E-state index in [0.29, 0.717) is 25.2 Å². The Hall–Kier alpha value is -1.69. The van der Waals surface area contributed by atoms with Gasteiger partial charge in [-0.1, -0.05) is 43.8 Å². The van der Waals surface area contributed by atoms with Crippen molar-refractivity contribution in [2.45, 2.75) is 25.2 Å². The van der Waals surface area contributed by atoms with E-state index in [0.717, 1.165) is 6.08 Å². The van der Waals surface area contributed by atoms with Crippen LogP contribution in [0.3, 0.4) is 0 Å². The van der Waals surface area contributed by atoms with Gasteiger partial charge in [0.05, 0.1) is 6.61 Å². The first-order valence-electron chi connectivity index (χ1n) is 6.40. The number of ether oxygens (including phenoxy) is 2. The predicted octanol–water partition coefficient (Wildman–Crippen LogP) is 1.35. The van der Waals surface area contributed by atoms with Crippen molar-refractivity contribution in [3.05, 3.63) is 48.6 Å². The minimum absolute atomic E-state index is 0.147. The molecular weight excluding hydrogens is 260 g/mol. The molecule has 0 amide bonds. The predicted molar refractivity (Wildman–Crippen MR) is 73.7 cm³/mol. The molecule has 20 heavy (non-hydrogen) atoms. The van der Waals surface area contributed by atoms with E-state index in [1.165, 1.54) is 0 Å². The average molecular weight is 280 g/mol. The molecular formula is C15H20O5.